The maximum Gasteiger partial charge on any atom is 0.146 e. The van der Waals surface area contributed by atoms with Gasteiger partial charge in [-0.05, 0) is 44.9 Å². The van der Waals surface area contributed by atoms with Gasteiger partial charge in [-0.3, -0.25) is 5.43 Å². The van der Waals surface area contributed by atoms with Crippen LogP contribution in [-0.2, 0) is 11.3 Å². The summed E-state index contributed by atoms with van der Waals surface area (Å²) >= 11 is 0. The van der Waals surface area contributed by atoms with Crippen molar-refractivity contribution in [1.29, 1.82) is 0 Å². The molecule has 1 aliphatic heterocycles. The second-order valence-electron chi connectivity index (χ2n) is 5.66. The standard InChI is InChI=1S/C17H22N4O/c1-13-10-15(11-19-20-17-7-3-4-8-18-17)14(2)21(13)12-16-6-5-9-22-16/h3-4,7-8,10-11,16H,5-6,9,12H2,1-2H3,(H,18,20)/b19-11-/t16-/m1/s1. The van der Waals surface area contributed by atoms with Gasteiger partial charge >= 0.3 is 0 Å². The number of rotatable bonds is 5. The van der Waals surface area contributed by atoms with Crippen LogP contribution in [0.2, 0.25) is 0 Å². The number of hydrogen-bond donors (Lipinski definition) is 1. The molecule has 0 amide bonds. The zero-order valence-corrected chi connectivity index (χ0v) is 13.1. The summed E-state index contributed by atoms with van der Waals surface area (Å²) in [5, 5.41) is 4.28. The highest BCUT2D eigenvalue weighted by Gasteiger charge is 2.18. The van der Waals surface area contributed by atoms with Crippen molar-refractivity contribution in [2.24, 2.45) is 5.10 Å². The quantitative estimate of drug-likeness (QED) is 0.681. The third-order valence-corrected chi connectivity index (χ3v) is 4.07. The summed E-state index contributed by atoms with van der Waals surface area (Å²) in [6.07, 6.45) is 6.27. The van der Waals surface area contributed by atoms with Crippen LogP contribution in [0.4, 0.5) is 5.82 Å². The molecule has 3 rings (SSSR count). The molecule has 0 aromatic carbocycles. The fourth-order valence-electron chi connectivity index (χ4n) is 2.83. The Morgan fingerprint density at radius 1 is 1.45 bits per heavy atom. The summed E-state index contributed by atoms with van der Waals surface area (Å²) in [6.45, 7) is 6.08. The van der Waals surface area contributed by atoms with Gasteiger partial charge in [0, 0.05) is 36.3 Å². The largest absolute Gasteiger partial charge is 0.376 e. The number of hydrazone groups is 1. The summed E-state index contributed by atoms with van der Waals surface area (Å²) in [5.41, 5.74) is 6.54. The smallest absolute Gasteiger partial charge is 0.146 e. The summed E-state index contributed by atoms with van der Waals surface area (Å²) in [5.74, 6) is 0.743. The molecule has 5 heteroatoms. The second-order valence-corrected chi connectivity index (χ2v) is 5.66. The van der Waals surface area contributed by atoms with Crippen LogP contribution in [0.3, 0.4) is 0 Å². The molecule has 0 bridgehead atoms. The highest BCUT2D eigenvalue weighted by molar-refractivity contribution is 5.82. The van der Waals surface area contributed by atoms with Gasteiger partial charge in [-0.25, -0.2) is 4.98 Å². The van der Waals surface area contributed by atoms with Gasteiger partial charge in [0.15, 0.2) is 0 Å². The summed E-state index contributed by atoms with van der Waals surface area (Å²) in [7, 11) is 0. The SMILES string of the molecule is Cc1cc(/C=N\Nc2ccccn2)c(C)n1C[C@H]1CCCO1. The Labute approximate surface area is 131 Å². The van der Waals surface area contributed by atoms with Gasteiger partial charge in [0.05, 0.1) is 12.3 Å². The summed E-state index contributed by atoms with van der Waals surface area (Å²) < 4.78 is 8.06. The van der Waals surface area contributed by atoms with E-state index < -0.39 is 0 Å². The summed E-state index contributed by atoms with van der Waals surface area (Å²) in [6, 6.07) is 7.86. The number of nitrogens with zero attached hydrogens (tertiary/aromatic N) is 3. The van der Waals surface area contributed by atoms with Crippen molar-refractivity contribution in [3.8, 4) is 0 Å². The molecule has 0 aliphatic carbocycles. The molecular formula is C17H22N4O. The van der Waals surface area contributed by atoms with Crippen LogP contribution in [0.25, 0.3) is 0 Å². The average Bonchev–Trinajstić information content (AvgIpc) is 3.13. The lowest BCUT2D eigenvalue weighted by Crippen LogP contribution is -2.16. The van der Waals surface area contributed by atoms with E-state index in [1.165, 1.54) is 17.8 Å². The zero-order valence-electron chi connectivity index (χ0n) is 13.1. The van der Waals surface area contributed by atoms with Crippen LogP contribution in [0.15, 0.2) is 35.6 Å². The molecule has 1 aliphatic rings. The van der Waals surface area contributed by atoms with Crippen LogP contribution in [0, 0.1) is 13.8 Å². The second kappa shape index (κ2) is 6.75. The van der Waals surface area contributed by atoms with Gasteiger partial charge in [0.25, 0.3) is 0 Å². The molecule has 1 atom stereocenters. The van der Waals surface area contributed by atoms with E-state index in [9.17, 15) is 0 Å². The Morgan fingerprint density at radius 3 is 3.09 bits per heavy atom. The van der Waals surface area contributed by atoms with E-state index in [4.69, 9.17) is 4.74 Å². The Bertz CT molecular complexity index is 642. The molecule has 1 saturated heterocycles. The van der Waals surface area contributed by atoms with E-state index in [2.05, 4.69) is 40.0 Å². The van der Waals surface area contributed by atoms with Crippen molar-refractivity contribution in [2.75, 3.05) is 12.0 Å². The van der Waals surface area contributed by atoms with Crippen molar-refractivity contribution in [1.82, 2.24) is 9.55 Å². The van der Waals surface area contributed by atoms with Crippen molar-refractivity contribution < 1.29 is 4.74 Å². The first-order valence-corrected chi connectivity index (χ1v) is 7.72. The van der Waals surface area contributed by atoms with Gasteiger partial charge in [0.2, 0.25) is 0 Å². The van der Waals surface area contributed by atoms with Crippen molar-refractivity contribution >= 4 is 12.0 Å². The van der Waals surface area contributed by atoms with E-state index in [-0.39, 0.29) is 0 Å². The molecule has 0 radical (unpaired) electrons. The number of aromatic nitrogens is 2. The molecule has 1 N–H and O–H groups in total. The van der Waals surface area contributed by atoms with E-state index in [1.807, 2.05) is 24.4 Å². The topological polar surface area (TPSA) is 51.4 Å². The third-order valence-electron chi connectivity index (χ3n) is 4.07. The van der Waals surface area contributed by atoms with E-state index >= 15 is 0 Å². The molecule has 2 aromatic rings. The molecule has 1 fully saturated rings. The van der Waals surface area contributed by atoms with E-state index in [1.54, 1.807) is 6.20 Å². The molecule has 116 valence electrons. The van der Waals surface area contributed by atoms with E-state index in [0.717, 1.165) is 31.0 Å². The fraction of sp³-hybridized carbons (Fsp3) is 0.412. The monoisotopic (exact) mass is 298 g/mol. The fourth-order valence-corrected chi connectivity index (χ4v) is 2.83. The van der Waals surface area contributed by atoms with Crippen molar-refractivity contribution in [3.05, 3.63) is 47.4 Å². The van der Waals surface area contributed by atoms with Crippen molar-refractivity contribution in [2.45, 2.75) is 39.3 Å². The van der Waals surface area contributed by atoms with Crippen LogP contribution in [-0.4, -0.2) is 28.5 Å². The van der Waals surface area contributed by atoms with Crippen molar-refractivity contribution in [3.63, 3.8) is 0 Å². The Hall–Kier alpha value is -2.14. The molecule has 5 nitrogen and oxygen atoms in total. The molecule has 0 unspecified atom stereocenters. The van der Waals surface area contributed by atoms with Crippen LogP contribution in [0.5, 0.6) is 0 Å². The maximum atomic E-state index is 5.74. The number of ether oxygens (including phenoxy) is 1. The summed E-state index contributed by atoms with van der Waals surface area (Å²) in [4.78, 5) is 4.18. The highest BCUT2D eigenvalue weighted by Crippen LogP contribution is 2.19. The Morgan fingerprint density at radius 2 is 2.36 bits per heavy atom. The molecule has 0 spiro atoms. The Kier molecular flexibility index (Phi) is 4.53. The van der Waals surface area contributed by atoms with Gasteiger partial charge in [0.1, 0.15) is 5.82 Å². The van der Waals surface area contributed by atoms with Gasteiger partial charge in [-0.15, -0.1) is 0 Å². The third kappa shape index (κ3) is 3.36. The minimum absolute atomic E-state index is 0.348. The minimum Gasteiger partial charge on any atom is -0.376 e. The lowest BCUT2D eigenvalue weighted by Gasteiger charge is -2.14. The molecule has 2 aromatic heterocycles. The van der Waals surface area contributed by atoms with Gasteiger partial charge < -0.3 is 9.30 Å². The Balaban J connectivity index is 1.68. The van der Waals surface area contributed by atoms with Gasteiger partial charge in [-0.2, -0.15) is 5.10 Å². The van der Waals surface area contributed by atoms with Gasteiger partial charge in [-0.1, -0.05) is 6.07 Å². The molecule has 3 heterocycles. The van der Waals surface area contributed by atoms with Crippen LogP contribution in [0.1, 0.15) is 29.8 Å². The van der Waals surface area contributed by atoms with Crippen LogP contribution < -0.4 is 5.43 Å². The normalized spacial score (nSPS) is 18.2. The number of aryl methyl sites for hydroxylation is 1. The van der Waals surface area contributed by atoms with Crippen LogP contribution >= 0.6 is 0 Å². The number of nitrogens with one attached hydrogen (secondary N) is 1. The minimum atomic E-state index is 0.348. The lowest BCUT2D eigenvalue weighted by molar-refractivity contribution is 0.0962. The average molecular weight is 298 g/mol. The highest BCUT2D eigenvalue weighted by atomic mass is 16.5. The first-order chi connectivity index (χ1) is 10.7. The predicted molar refractivity (Wildman–Crippen MR) is 88.3 cm³/mol. The molecule has 22 heavy (non-hydrogen) atoms. The first-order valence-electron chi connectivity index (χ1n) is 7.72. The van der Waals surface area contributed by atoms with E-state index in [0.29, 0.717) is 6.10 Å². The molecular weight excluding hydrogens is 276 g/mol. The predicted octanol–water partition coefficient (Wildman–Crippen LogP) is 3.12. The zero-order chi connectivity index (χ0) is 15.4. The number of hydrogen-bond acceptors (Lipinski definition) is 4. The number of pyridine rings is 1. The molecule has 0 saturated carbocycles. The maximum absolute atomic E-state index is 5.74. The lowest BCUT2D eigenvalue weighted by atomic mass is 10.2. The first kappa shape index (κ1) is 14.8. The number of anilines is 1.